The Morgan fingerprint density at radius 1 is 1.09 bits per heavy atom. The summed E-state index contributed by atoms with van der Waals surface area (Å²) in [5, 5.41) is 20.0. The number of aliphatic carboxylic acids is 1. The third-order valence-corrected chi connectivity index (χ3v) is 5.61. The molecule has 0 radical (unpaired) electrons. The highest BCUT2D eigenvalue weighted by Crippen LogP contribution is 2.44. The number of carboxylic acids is 1. The number of aromatic nitrogens is 3. The Hall–Kier alpha value is -3.68. The van der Waals surface area contributed by atoms with Gasteiger partial charge in [-0.05, 0) is 34.6 Å². The number of fused-ring (bicyclic) bond motifs is 3. The molecule has 1 aromatic heterocycles. The maximum absolute atomic E-state index is 12.3. The van der Waals surface area contributed by atoms with Crippen LogP contribution in [0.25, 0.3) is 11.1 Å². The van der Waals surface area contributed by atoms with E-state index in [-0.39, 0.29) is 25.0 Å². The molecule has 1 aliphatic rings. The Bertz CT molecular complexity index is 1080. The van der Waals surface area contributed by atoms with E-state index in [9.17, 15) is 14.7 Å². The van der Waals surface area contributed by atoms with Crippen molar-refractivity contribution in [2.75, 3.05) is 6.61 Å². The standard InChI is InChI=1S/C24H26N4O4/c1-15(2)11-22(23(29)30)28-13-16(26-27-28)12-25-24(31)32-14-21-19-9-5-3-7-17(19)18-8-4-6-10-20(18)21/h3-10,13,15,21-22H,11-12,14H2,1-2H3,(H,25,31)(H,29,30)/t22-/m1/s1. The van der Waals surface area contributed by atoms with Crippen LogP contribution < -0.4 is 5.32 Å². The molecule has 2 aromatic carbocycles. The smallest absolute Gasteiger partial charge is 0.407 e. The van der Waals surface area contributed by atoms with Gasteiger partial charge in [0.25, 0.3) is 0 Å². The quantitative estimate of drug-likeness (QED) is 0.555. The van der Waals surface area contributed by atoms with Crippen molar-refractivity contribution in [3.05, 3.63) is 71.5 Å². The van der Waals surface area contributed by atoms with Crippen LogP contribution in [0.4, 0.5) is 4.79 Å². The molecule has 166 valence electrons. The molecule has 4 rings (SSSR count). The average molecular weight is 434 g/mol. The number of rotatable bonds is 8. The number of nitrogens with one attached hydrogen (secondary N) is 1. The number of benzene rings is 2. The normalized spacial score (nSPS) is 13.5. The van der Waals surface area contributed by atoms with Gasteiger partial charge in [0.15, 0.2) is 6.04 Å². The SMILES string of the molecule is CC(C)C[C@H](C(=O)O)n1cc(CNC(=O)OCC2c3ccccc3-c3ccccc32)nn1. The molecule has 0 bridgehead atoms. The lowest BCUT2D eigenvalue weighted by Crippen LogP contribution is -2.26. The number of carbonyl (C=O) groups is 2. The molecule has 3 aromatic rings. The Kier molecular flexibility index (Phi) is 6.20. The summed E-state index contributed by atoms with van der Waals surface area (Å²) in [6.45, 7) is 4.23. The molecule has 1 heterocycles. The summed E-state index contributed by atoms with van der Waals surface area (Å²) in [7, 11) is 0. The molecular weight excluding hydrogens is 408 g/mol. The van der Waals surface area contributed by atoms with Crippen molar-refractivity contribution < 1.29 is 19.4 Å². The van der Waals surface area contributed by atoms with Gasteiger partial charge < -0.3 is 15.2 Å². The fraction of sp³-hybridized carbons (Fsp3) is 0.333. The van der Waals surface area contributed by atoms with Crippen molar-refractivity contribution in [3.63, 3.8) is 0 Å². The van der Waals surface area contributed by atoms with Gasteiger partial charge in [0.1, 0.15) is 12.3 Å². The van der Waals surface area contributed by atoms with E-state index in [4.69, 9.17) is 4.74 Å². The third kappa shape index (κ3) is 4.49. The average Bonchev–Trinajstić information content (AvgIpc) is 3.37. The van der Waals surface area contributed by atoms with Crippen LogP contribution in [0.3, 0.4) is 0 Å². The molecule has 0 unspecified atom stereocenters. The lowest BCUT2D eigenvalue weighted by molar-refractivity contribution is -0.141. The van der Waals surface area contributed by atoms with Gasteiger partial charge in [-0.3, -0.25) is 0 Å². The minimum absolute atomic E-state index is 0.0126. The molecule has 1 atom stereocenters. The van der Waals surface area contributed by atoms with Crippen molar-refractivity contribution in [1.82, 2.24) is 20.3 Å². The van der Waals surface area contributed by atoms with Crippen molar-refractivity contribution in [2.45, 2.75) is 38.8 Å². The van der Waals surface area contributed by atoms with Gasteiger partial charge in [0.2, 0.25) is 0 Å². The number of hydrogen-bond donors (Lipinski definition) is 2. The fourth-order valence-corrected chi connectivity index (χ4v) is 4.13. The second kappa shape index (κ2) is 9.21. The topological polar surface area (TPSA) is 106 Å². The minimum atomic E-state index is -0.959. The first-order valence-corrected chi connectivity index (χ1v) is 10.7. The highest BCUT2D eigenvalue weighted by molar-refractivity contribution is 5.79. The molecule has 32 heavy (non-hydrogen) atoms. The molecular formula is C24H26N4O4. The first-order chi connectivity index (χ1) is 15.4. The second-order valence-electron chi connectivity index (χ2n) is 8.35. The molecule has 0 saturated heterocycles. The predicted octanol–water partition coefficient (Wildman–Crippen LogP) is 3.99. The molecule has 0 fully saturated rings. The van der Waals surface area contributed by atoms with Crippen molar-refractivity contribution in [1.29, 1.82) is 0 Å². The van der Waals surface area contributed by atoms with E-state index in [0.29, 0.717) is 12.1 Å². The van der Waals surface area contributed by atoms with E-state index < -0.39 is 18.1 Å². The predicted molar refractivity (Wildman–Crippen MR) is 118 cm³/mol. The Morgan fingerprint density at radius 3 is 2.31 bits per heavy atom. The van der Waals surface area contributed by atoms with E-state index >= 15 is 0 Å². The fourth-order valence-electron chi connectivity index (χ4n) is 4.13. The second-order valence-corrected chi connectivity index (χ2v) is 8.35. The zero-order chi connectivity index (χ0) is 22.7. The lowest BCUT2D eigenvalue weighted by atomic mass is 9.98. The summed E-state index contributed by atoms with van der Waals surface area (Å²) in [6.07, 6.45) is 1.43. The molecule has 8 nitrogen and oxygen atoms in total. The van der Waals surface area contributed by atoms with E-state index in [1.54, 1.807) is 6.20 Å². The highest BCUT2D eigenvalue weighted by Gasteiger charge is 2.29. The van der Waals surface area contributed by atoms with Gasteiger partial charge in [0, 0.05) is 5.92 Å². The van der Waals surface area contributed by atoms with Crippen LogP contribution in [0.2, 0.25) is 0 Å². The monoisotopic (exact) mass is 434 g/mol. The number of amides is 1. The molecule has 0 spiro atoms. The van der Waals surface area contributed by atoms with Crippen LogP contribution in [0.15, 0.2) is 54.7 Å². The van der Waals surface area contributed by atoms with Gasteiger partial charge in [-0.15, -0.1) is 5.10 Å². The number of nitrogens with zero attached hydrogens (tertiary/aromatic N) is 3. The third-order valence-electron chi connectivity index (χ3n) is 5.61. The summed E-state index contributed by atoms with van der Waals surface area (Å²) in [5.41, 5.74) is 5.10. The molecule has 2 N–H and O–H groups in total. The number of alkyl carbamates (subject to hydrolysis) is 1. The van der Waals surface area contributed by atoms with Crippen LogP contribution in [0.5, 0.6) is 0 Å². The zero-order valence-corrected chi connectivity index (χ0v) is 18.1. The lowest BCUT2D eigenvalue weighted by Gasteiger charge is -2.14. The van der Waals surface area contributed by atoms with Gasteiger partial charge in [-0.1, -0.05) is 67.6 Å². The first kappa shape index (κ1) is 21.5. The van der Waals surface area contributed by atoms with Crippen LogP contribution >= 0.6 is 0 Å². The van der Waals surface area contributed by atoms with Crippen LogP contribution in [-0.2, 0) is 16.1 Å². The van der Waals surface area contributed by atoms with Crippen LogP contribution in [0.1, 0.15) is 49.0 Å². The molecule has 0 aliphatic heterocycles. The number of carboxylic acid groups (broad SMARTS) is 1. The molecule has 1 aliphatic carbocycles. The summed E-state index contributed by atoms with van der Waals surface area (Å²) >= 11 is 0. The molecule has 0 saturated carbocycles. The summed E-state index contributed by atoms with van der Waals surface area (Å²) in [5.74, 6) is -0.774. The van der Waals surface area contributed by atoms with Crippen molar-refractivity contribution >= 4 is 12.1 Å². The van der Waals surface area contributed by atoms with Gasteiger partial charge in [0.05, 0.1) is 12.7 Å². The summed E-state index contributed by atoms with van der Waals surface area (Å²) in [4.78, 5) is 23.8. The van der Waals surface area contributed by atoms with E-state index in [2.05, 4.69) is 39.9 Å². The van der Waals surface area contributed by atoms with Crippen molar-refractivity contribution in [2.24, 2.45) is 5.92 Å². The van der Waals surface area contributed by atoms with Gasteiger partial charge in [-0.2, -0.15) is 0 Å². The van der Waals surface area contributed by atoms with Gasteiger partial charge in [-0.25, -0.2) is 14.3 Å². The van der Waals surface area contributed by atoms with Crippen LogP contribution in [-0.4, -0.2) is 38.8 Å². The van der Waals surface area contributed by atoms with Crippen molar-refractivity contribution in [3.8, 4) is 11.1 Å². The summed E-state index contributed by atoms with van der Waals surface area (Å²) < 4.78 is 6.84. The van der Waals surface area contributed by atoms with E-state index in [0.717, 1.165) is 11.1 Å². The minimum Gasteiger partial charge on any atom is -0.480 e. The Labute approximate surface area is 186 Å². The Morgan fingerprint density at radius 2 is 1.72 bits per heavy atom. The number of ether oxygens (including phenoxy) is 1. The number of carbonyl (C=O) groups excluding carboxylic acids is 1. The molecule has 8 heteroatoms. The van der Waals surface area contributed by atoms with Crippen LogP contribution in [0, 0.1) is 5.92 Å². The van der Waals surface area contributed by atoms with E-state index in [1.807, 2.05) is 38.1 Å². The Balaban J connectivity index is 1.35. The van der Waals surface area contributed by atoms with E-state index in [1.165, 1.54) is 15.8 Å². The highest BCUT2D eigenvalue weighted by atomic mass is 16.5. The largest absolute Gasteiger partial charge is 0.480 e. The molecule has 1 amide bonds. The zero-order valence-electron chi connectivity index (χ0n) is 18.1. The van der Waals surface area contributed by atoms with Gasteiger partial charge >= 0.3 is 12.1 Å². The first-order valence-electron chi connectivity index (χ1n) is 10.7. The summed E-state index contributed by atoms with van der Waals surface area (Å²) in [6, 6.07) is 15.5. The maximum atomic E-state index is 12.3. The maximum Gasteiger partial charge on any atom is 0.407 e. The number of hydrogen-bond acceptors (Lipinski definition) is 5.